The molecule has 1 fully saturated rings. The highest BCUT2D eigenvalue weighted by Crippen LogP contribution is 2.12. The number of benzene rings is 1. The average Bonchev–Trinajstić information content (AvgIpc) is 3.26. The van der Waals surface area contributed by atoms with Gasteiger partial charge in [0.25, 0.3) is 5.91 Å². The van der Waals surface area contributed by atoms with E-state index in [1.165, 1.54) is 18.1 Å². The van der Waals surface area contributed by atoms with Crippen molar-refractivity contribution in [3.05, 3.63) is 36.2 Å². The zero-order valence-corrected chi connectivity index (χ0v) is 12.5. The molecule has 0 spiro atoms. The van der Waals surface area contributed by atoms with Crippen LogP contribution in [-0.2, 0) is 4.74 Å². The van der Waals surface area contributed by atoms with E-state index in [0.29, 0.717) is 25.1 Å². The van der Waals surface area contributed by atoms with Gasteiger partial charge in [-0.05, 0) is 41.1 Å². The maximum atomic E-state index is 12.3. The minimum Gasteiger partial charge on any atom is -0.453 e. The summed E-state index contributed by atoms with van der Waals surface area (Å²) in [6, 6.07) is 6.88. The third-order valence-electron chi connectivity index (χ3n) is 3.70. The number of likely N-dealkylation sites (tertiary alicyclic amines) is 1. The van der Waals surface area contributed by atoms with Gasteiger partial charge in [0.2, 0.25) is 0 Å². The van der Waals surface area contributed by atoms with Crippen molar-refractivity contribution in [3.63, 3.8) is 0 Å². The zero-order chi connectivity index (χ0) is 16.2. The first-order valence-electron chi connectivity index (χ1n) is 7.14. The van der Waals surface area contributed by atoms with Crippen molar-refractivity contribution in [3.8, 4) is 5.69 Å². The molecule has 0 radical (unpaired) electrons. The lowest BCUT2D eigenvalue weighted by atomic mass is 10.1. The average molecular weight is 316 g/mol. The Bertz CT molecular complexity index is 685. The number of ether oxygens (including phenoxy) is 1. The van der Waals surface area contributed by atoms with Gasteiger partial charge in [0, 0.05) is 24.7 Å². The van der Waals surface area contributed by atoms with Crippen molar-refractivity contribution in [1.29, 1.82) is 0 Å². The monoisotopic (exact) mass is 316 g/mol. The molecular formula is C14H16N6O3. The summed E-state index contributed by atoms with van der Waals surface area (Å²) in [5, 5.41) is 13.8. The molecule has 1 aromatic carbocycles. The second-order valence-electron chi connectivity index (χ2n) is 5.18. The van der Waals surface area contributed by atoms with E-state index >= 15 is 0 Å². The molecular weight excluding hydrogens is 300 g/mol. The number of hydrogen-bond donors (Lipinski definition) is 1. The van der Waals surface area contributed by atoms with Gasteiger partial charge in [-0.25, -0.2) is 9.48 Å². The summed E-state index contributed by atoms with van der Waals surface area (Å²) in [5.74, 6) is -0.176. The van der Waals surface area contributed by atoms with Crippen molar-refractivity contribution in [2.24, 2.45) is 0 Å². The summed E-state index contributed by atoms with van der Waals surface area (Å²) < 4.78 is 6.18. The molecule has 1 aliphatic rings. The molecule has 23 heavy (non-hydrogen) atoms. The van der Waals surface area contributed by atoms with Gasteiger partial charge in [-0.2, -0.15) is 0 Å². The number of amides is 2. The molecule has 9 nitrogen and oxygen atoms in total. The Balaban J connectivity index is 1.60. The van der Waals surface area contributed by atoms with E-state index in [0.717, 1.165) is 5.69 Å². The first-order chi connectivity index (χ1) is 11.2. The fraction of sp³-hybridized carbons (Fsp3) is 0.357. The Labute approximate surface area is 132 Å². The number of nitrogens with one attached hydrogen (secondary N) is 1. The number of aromatic nitrogens is 4. The lowest BCUT2D eigenvalue weighted by molar-refractivity contribution is 0.0934. The molecule has 3 rings (SSSR count). The maximum absolute atomic E-state index is 12.3. The quantitative estimate of drug-likeness (QED) is 0.870. The largest absolute Gasteiger partial charge is 0.453 e. The lowest BCUT2D eigenvalue weighted by Crippen LogP contribution is -2.38. The lowest BCUT2D eigenvalue weighted by Gasteiger charge is -2.15. The van der Waals surface area contributed by atoms with Crippen molar-refractivity contribution in [1.82, 2.24) is 30.4 Å². The normalized spacial score (nSPS) is 17.1. The fourth-order valence-corrected chi connectivity index (χ4v) is 2.49. The Morgan fingerprint density at radius 1 is 1.30 bits per heavy atom. The number of nitrogens with zero attached hydrogens (tertiary/aromatic N) is 5. The second-order valence-corrected chi connectivity index (χ2v) is 5.18. The van der Waals surface area contributed by atoms with Crippen LogP contribution in [0.4, 0.5) is 4.79 Å². The van der Waals surface area contributed by atoms with Gasteiger partial charge in [0.05, 0.1) is 12.8 Å². The van der Waals surface area contributed by atoms with Crippen LogP contribution >= 0.6 is 0 Å². The van der Waals surface area contributed by atoms with E-state index in [-0.39, 0.29) is 18.0 Å². The highest BCUT2D eigenvalue weighted by molar-refractivity contribution is 5.94. The van der Waals surface area contributed by atoms with Crippen LogP contribution in [0.25, 0.3) is 5.69 Å². The summed E-state index contributed by atoms with van der Waals surface area (Å²) in [6.45, 7) is 1.04. The molecule has 0 saturated carbocycles. The smallest absolute Gasteiger partial charge is 0.409 e. The Morgan fingerprint density at radius 3 is 2.74 bits per heavy atom. The number of methoxy groups -OCH3 is 1. The van der Waals surface area contributed by atoms with Crippen molar-refractivity contribution in [2.45, 2.75) is 12.5 Å². The summed E-state index contributed by atoms with van der Waals surface area (Å²) in [6.07, 6.45) is 1.82. The number of hydrogen-bond acceptors (Lipinski definition) is 6. The van der Waals surface area contributed by atoms with Gasteiger partial charge in [-0.3, -0.25) is 4.79 Å². The van der Waals surface area contributed by atoms with Crippen LogP contribution in [0.15, 0.2) is 30.6 Å². The molecule has 1 aromatic heterocycles. The summed E-state index contributed by atoms with van der Waals surface area (Å²) in [7, 11) is 1.35. The standard InChI is InChI=1S/C14H16N6O3/c1-23-14(22)19-7-6-11(8-19)16-13(21)10-2-4-12(5-3-10)20-9-15-17-18-20/h2-5,9,11H,6-8H2,1H3,(H,16,21). The highest BCUT2D eigenvalue weighted by atomic mass is 16.5. The van der Waals surface area contributed by atoms with E-state index in [1.807, 2.05) is 0 Å². The third-order valence-corrected chi connectivity index (χ3v) is 3.70. The number of carbonyl (C=O) groups excluding carboxylic acids is 2. The van der Waals surface area contributed by atoms with Crippen LogP contribution in [0, 0.1) is 0 Å². The minimum atomic E-state index is -0.368. The molecule has 0 bridgehead atoms. The number of rotatable bonds is 3. The summed E-state index contributed by atoms with van der Waals surface area (Å²) in [5.41, 5.74) is 1.31. The molecule has 2 heterocycles. The van der Waals surface area contributed by atoms with E-state index in [1.54, 1.807) is 29.2 Å². The van der Waals surface area contributed by atoms with Crippen LogP contribution in [0.2, 0.25) is 0 Å². The van der Waals surface area contributed by atoms with Crippen molar-refractivity contribution >= 4 is 12.0 Å². The molecule has 1 N–H and O–H groups in total. The van der Waals surface area contributed by atoms with Gasteiger partial charge >= 0.3 is 6.09 Å². The Morgan fingerprint density at radius 2 is 2.09 bits per heavy atom. The number of carbonyl (C=O) groups is 2. The van der Waals surface area contributed by atoms with Gasteiger partial charge in [0.15, 0.2) is 0 Å². The fourth-order valence-electron chi connectivity index (χ4n) is 2.49. The molecule has 1 unspecified atom stereocenters. The van der Waals surface area contributed by atoms with Gasteiger partial charge in [-0.1, -0.05) is 0 Å². The summed E-state index contributed by atoms with van der Waals surface area (Å²) >= 11 is 0. The maximum Gasteiger partial charge on any atom is 0.409 e. The topological polar surface area (TPSA) is 102 Å². The van der Waals surface area contributed by atoms with Crippen LogP contribution in [-0.4, -0.2) is 63.3 Å². The van der Waals surface area contributed by atoms with E-state index in [4.69, 9.17) is 0 Å². The Kier molecular flexibility index (Phi) is 4.18. The van der Waals surface area contributed by atoms with Gasteiger partial charge < -0.3 is 15.0 Å². The summed E-state index contributed by atoms with van der Waals surface area (Å²) in [4.78, 5) is 25.3. The number of tetrazole rings is 1. The molecule has 1 aliphatic heterocycles. The van der Waals surface area contributed by atoms with E-state index < -0.39 is 0 Å². The van der Waals surface area contributed by atoms with Crippen LogP contribution in [0.1, 0.15) is 16.8 Å². The Hall–Kier alpha value is -2.97. The molecule has 1 saturated heterocycles. The second kappa shape index (κ2) is 6.42. The zero-order valence-electron chi connectivity index (χ0n) is 12.5. The molecule has 1 atom stereocenters. The first-order valence-corrected chi connectivity index (χ1v) is 7.14. The van der Waals surface area contributed by atoms with Crippen LogP contribution < -0.4 is 5.32 Å². The molecule has 0 aliphatic carbocycles. The molecule has 9 heteroatoms. The van der Waals surface area contributed by atoms with E-state index in [9.17, 15) is 9.59 Å². The predicted molar refractivity (Wildman–Crippen MR) is 79.0 cm³/mol. The van der Waals surface area contributed by atoms with E-state index in [2.05, 4.69) is 25.6 Å². The minimum absolute atomic E-state index is 0.0687. The van der Waals surface area contributed by atoms with Crippen molar-refractivity contribution < 1.29 is 14.3 Å². The first kappa shape index (κ1) is 14.9. The SMILES string of the molecule is COC(=O)N1CCC(NC(=O)c2ccc(-n3cnnn3)cc2)C1. The molecule has 2 amide bonds. The van der Waals surface area contributed by atoms with Crippen LogP contribution in [0.5, 0.6) is 0 Å². The van der Waals surface area contributed by atoms with Crippen LogP contribution in [0.3, 0.4) is 0 Å². The van der Waals surface area contributed by atoms with Gasteiger partial charge in [0.1, 0.15) is 6.33 Å². The van der Waals surface area contributed by atoms with Crippen molar-refractivity contribution in [2.75, 3.05) is 20.2 Å². The third kappa shape index (κ3) is 3.28. The highest BCUT2D eigenvalue weighted by Gasteiger charge is 2.27. The predicted octanol–water partition coefficient (Wildman–Crippen LogP) is 0.233. The molecule has 120 valence electrons. The molecule has 2 aromatic rings. The van der Waals surface area contributed by atoms with Gasteiger partial charge in [-0.15, -0.1) is 5.10 Å².